The lowest BCUT2D eigenvalue weighted by Crippen LogP contribution is -1.88. The molecule has 1 heteroatoms. The van der Waals surface area contributed by atoms with Crippen molar-refractivity contribution in [1.29, 1.82) is 0 Å². The van der Waals surface area contributed by atoms with Gasteiger partial charge in [-0.1, -0.05) is 24.3 Å². The molecular weight excluding hydrogens is 148 g/mol. The smallest absolute Gasteiger partial charge is 0.0713 e. The summed E-state index contributed by atoms with van der Waals surface area (Å²) < 4.78 is 4.99. The summed E-state index contributed by atoms with van der Waals surface area (Å²) in [5, 5.41) is 0. The second kappa shape index (κ2) is 4.58. The Hall–Kier alpha value is -1.26. The molecule has 0 aromatic heterocycles. The number of ether oxygens (including phenoxy) is 1. The van der Waals surface area contributed by atoms with Gasteiger partial charge in [-0.25, -0.2) is 0 Å². The van der Waals surface area contributed by atoms with Gasteiger partial charge in [0.05, 0.1) is 6.61 Å². The molecule has 0 aliphatic rings. The fourth-order valence-electron chi connectivity index (χ4n) is 1.04. The quantitative estimate of drug-likeness (QED) is 0.614. The fourth-order valence-corrected chi connectivity index (χ4v) is 1.04. The third kappa shape index (κ3) is 2.41. The molecule has 0 atom stereocenters. The third-order valence-corrected chi connectivity index (χ3v) is 1.64. The van der Waals surface area contributed by atoms with Crippen molar-refractivity contribution in [2.24, 2.45) is 0 Å². The zero-order valence-electron chi connectivity index (χ0n) is 7.21. The maximum absolute atomic E-state index is 5.18. The predicted octanol–water partition coefficient (Wildman–Crippen LogP) is 2.01. The highest BCUT2D eigenvalue weighted by atomic mass is 16.5. The van der Waals surface area contributed by atoms with Gasteiger partial charge in [0.1, 0.15) is 0 Å². The van der Waals surface area contributed by atoms with Crippen LogP contribution in [0.15, 0.2) is 24.3 Å². The first-order valence-corrected chi connectivity index (χ1v) is 3.87. The topological polar surface area (TPSA) is 9.23 Å². The molecule has 1 aromatic rings. The van der Waals surface area contributed by atoms with Crippen LogP contribution in [0.1, 0.15) is 11.1 Å². The van der Waals surface area contributed by atoms with Gasteiger partial charge in [0.15, 0.2) is 0 Å². The van der Waals surface area contributed by atoms with E-state index in [2.05, 4.69) is 5.92 Å². The summed E-state index contributed by atoms with van der Waals surface area (Å²) in [4.78, 5) is 0. The highest BCUT2D eigenvalue weighted by Gasteiger charge is 1.91. The van der Waals surface area contributed by atoms with Crippen LogP contribution in [0.3, 0.4) is 0 Å². The number of hydrogen-bond donors (Lipinski definition) is 0. The van der Waals surface area contributed by atoms with Crippen LogP contribution in [0.4, 0.5) is 0 Å². The number of hydrogen-bond acceptors (Lipinski definition) is 1. The summed E-state index contributed by atoms with van der Waals surface area (Å²) in [6.07, 6.45) is 5.88. The Morgan fingerprint density at radius 2 is 1.83 bits per heavy atom. The lowest BCUT2D eigenvalue weighted by molar-refractivity contribution is 0.185. The zero-order chi connectivity index (χ0) is 8.81. The van der Waals surface area contributed by atoms with Crippen molar-refractivity contribution in [2.75, 3.05) is 7.11 Å². The zero-order valence-corrected chi connectivity index (χ0v) is 7.21. The van der Waals surface area contributed by atoms with Crippen molar-refractivity contribution in [3.63, 3.8) is 0 Å². The van der Waals surface area contributed by atoms with E-state index >= 15 is 0 Å². The van der Waals surface area contributed by atoms with Gasteiger partial charge >= 0.3 is 0 Å². The molecule has 0 fully saturated rings. The number of methoxy groups -OCH3 is 1. The van der Waals surface area contributed by atoms with Crippen molar-refractivity contribution < 1.29 is 4.74 Å². The molecular formula is C11H12O. The van der Waals surface area contributed by atoms with Gasteiger partial charge < -0.3 is 4.74 Å². The minimum Gasteiger partial charge on any atom is -0.380 e. The van der Waals surface area contributed by atoms with Gasteiger partial charge in [0.25, 0.3) is 0 Å². The molecule has 0 aliphatic carbocycles. The van der Waals surface area contributed by atoms with Crippen LogP contribution >= 0.6 is 0 Å². The maximum atomic E-state index is 5.18. The summed E-state index contributed by atoms with van der Waals surface area (Å²) in [6, 6.07) is 8.15. The van der Waals surface area contributed by atoms with Crippen LogP contribution in [-0.4, -0.2) is 7.11 Å². The Balaban J connectivity index is 2.66. The highest BCUT2D eigenvalue weighted by Crippen LogP contribution is 2.05. The van der Waals surface area contributed by atoms with Crippen molar-refractivity contribution in [1.82, 2.24) is 0 Å². The fraction of sp³-hybridized carbons (Fsp3) is 0.273. The number of benzene rings is 1. The lowest BCUT2D eigenvalue weighted by Gasteiger charge is -1.99. The molecule has 0 spiro atoms. The van der Waals surface area contributed by atoms with Crippen LogP contribution < -0.4 is 0 Å². The van der Waals surface area contributed by atoms with Crippen LogP contribution in [0.25, 0.3) is 0 Å². The minimum atomic E-state index is 0.663. The van der Waals surface area contributed by atoms with E-state index in [9.17, 15) is 0 Å². The van der Waals surface area contributed by atoms with E-state index in [4.69, 9.17) is 11.2 Å². The molecule has 62 valence electrons. The standard InChI is InChI=1S/C11H12O/c1-3-4-10-5-7-11(8-6-10)9-12-2/h1,5-8H,4,9H2,2H3. The van der Waals surface area contributed by atoms with Crippen LogP contribution in [0, 0.1) is 12.3 Å². The number of terminal acetylenes is 1. The van der Waals surface area contributed by atoms with E-state index in [1.165, 1.54) is 11.1 Å². The van der Waals surface area contributed by atoms with E-state index in [0.717, 1.165) is 0 Å². The van der Waals surface area contributed by atoms with Crippen molar-refractivity contribution in [2.45, 2.75) is 13.0 Å². The predicted molar refractivity (Wildman–Crippen MR) is 49.7 cm³/mol. The van der Waals surface area contributed by atoms with E-state index in [1.807, 2.05) is 24.3 Å². The summed E-state index contributed by atoms with van der Waals surface area (Å²) in [7, 11) is 1.69. The van der Waals surface area contributed by atoms with Gasteiger partial charge in [-0.15, -0.1) is 12.3 Å². The first-order chi connectivity index (χ1) is 5.86. The van der Waals surface area contributed by atoms with Gasteiger partial charge in [-0.3, -0.25) is 0 Å². The summed E-state index contributed by atoms with van der Waals surface area (Å²) in [5.74, 6) is 2.60. The molecule has 0 saturated heterocycles. The van der Waals surface area contributed by atoms with Crippen LogP contribution in [0.5, 0.6) is 0 Å². The van der Waals surface area contributed by atoms with E-state index in [-0.39, 0.29) is 0 Å². The van der Waals surface area contributed by atoms with Gasteiger partial charge in [0, 0.05) is 13.5 Å². The van der Waals surface area contributed by atoms with Gasteiger partial charge in [0.2, 0.25) is 0 Å². The Kier molecular flexibility index (Phi) is 3.37. The summed E-state index contributed by atoms with van der Waals surface area (Å²) in [6.45, 7) is 0.663. The minimum absolute atomic E-state index is 0.663. The third-order valence-electron chi connectivity index (χ3n) is 1.64. The molecule has 0 radical (unpaired) electrons. The average molecular weight is 160 g/mol. The molecule has 0 N–H and O–H groups in total. The first kappa shape index (κ1) is 8.83. The average Bonchev–Trinajstić information content (AvgIpc) is 2.09. The normalized spacial score (nSPS) is 9.33. The lowest BCUT2D eigenvalue weighted by atomic mass is 10.1. The SMILES string of the molecule is C#CCc1ccc(COC)cc1. The molecule has 0 saturated carbocycles. The molecule has 0 amide bonds. The highest BCUT2D eigenvalue weighted by molar-refractivity contribution is 5.24. The molecule has 1 aromatic carbocycles. The Labute approximate surface area is 73.4 Å². The van der Waals surface area contributed by atoms with Crippen LogP contribution in [-0.2, 0) is 17.8 Å². The van der Waals surface area contributed by atoms with Gasteiger partial charge in [-0.2, -0.15) is 0 Å². The number of rotatable bonds is 3. The monoisotopic (exact) mass is 160 g/mol. The molecule has 0 bridgehead atoms. The summed E-state index contributed by atoms with van der Waals surface area (Å²) >= 11 is 0. The van der Waals surface area contributed by atoms with E-state index < -0.39 is 0 Å². The second-order valence-corrected chi connectivity index (χ2v) is 2.63. The molecule has 0 unspecified atom stereocenters. The van der Waals surface area contributed by atoms with Crippen molar-refractivity contribution in [3.05, 3.63) is 35.4 Å². The molecule has 0 aliphatic heterocycles. The van der Waals surface area contributed by atoms with Crippen LogP contribution in [0.2, 0.25) is 0 Å². The van der Waals surface area contributed by atoms with Crippen molar-refractivity contribution in [3.8, 4) is 12.3 Å². The molecule has 0 heterocycles. The largest absolute Gasteiger partial charge is 0.380 e. The maximum Gasteiger partial charge on any atom is 0.0713 e. The second-order valence-electron chi connectivity index (χ2n) is 2.63. The van der Waals surface area contributed by atoms with Crippen molar-refractivity contribution >= 4 is 0 Å². The first-order valence-electron chi connectivity index (χ1n) is 3.87. The molecule has 1 rings (SSSR count). The Bertz CT molecular complexity index is 266. The molecule has 1 nitrogen and oxygen atoms in total. The molecule has 12 heavy (non-hydrogen) atoms. The van der Waals surface area contributed by atoms with E-state index in [1.54, 1.807) is 7.11 Å². The summed E-state index contributed by atoms with van der Waals surface area (Å²) in [5.41, 5.74) is 2.36. The van der Waals surface area contributed by atoms with Gasteiger partial charge in [-0.05, 0) is 11.1 Å². The Morgan fingerprint density at radius 3 is 2.33 bits per heavy atom. The Morgan fingerprint density at radius 1 is 1.25 bits per heavy atom. The van der Waals surface area contributed by atoms with E-state index in [0.29, 0.717) is 13.0 Å².